The van der Waals surface area contributed by atoms with Crippen molar-refractivity contribution in [2.45, 2.75) is 65.0 Å². The molecule has 19 heteroatoms. The quantitative estimate of drug-likeness (QED) is 0.0555. The van der Waals surface area contributed by atoms with Gasteiger partial charge < -0.3 is 39.8 Å². The number of carbonyl (C=O) groups excluding carboxylic acids is 4. The van der Waals surface area contributed by atoms with Crippen molar-refractivity contribution >= 4 is 90.7 Å². The van der Waals surface area contributed by atoms with Crippen LogP contribution < -0.4 is 20.5 Å². The van der Waals surface area contributed by atoms with E-state index in [0.717, 1.165) is 28.5 Å². The average Bonchev–Trinajstić information content (AvgIpc) is 3.59. The van der Waals surface area contributed by atoms with E-state index in [4.69, 9.17) is 24.7 Å². The molecule has 0 bridgehead atoms. The number of rotatable bonds is 11. The molecule has 0 aliphatic carbocycles. The second-order valence-electron chi connectivity index (χ2n) is 16.7. The molecule has 7 rings (SSSR count). The number of isothiocyanates is 1. The average molecular weight is 1010 g/mol. The van der Waals surface area contributed by atoms with Crippen LogP contribution in [-0.2, 0) is 9.47 Å². The Hall–Kier alpha value is -6.27. The van der Waals surface area contributed by atoms with Gasteiger partial charge in [-0.05, 0) is 127 Å². The van der Waals surface area contributed by atoms with Crippen molar-refractivity contribution in [1.29, 1.82) is 0 Å². The number of thiocarbonyl (C=S) groups is 1. The topological polar surface area (TPSA) is 175 Å². The van der Waals surface area contributed by atoms with E-state index in [1.54, 1.807) is 40.1 Å². The zero-order valence-electron chi connectivity index (χ0n) is 37.0. The monoisotopic (exact) mass is 1010 g/mol. The summed E-state index contributed by atoms with van der Waals surface area (Å²) in [5, 5.41) is 6.10. The number of halogens is 3. The molecule has 66 heavy (non-hydrogen) atoms. The van der Waals surface area contributed by atoms with Crippen LogP contribution in [-0.4, -0.2) is 98.6 Å². The number of nitrogens with one attached hydrogen (secondary N) is 1. The number of ether oxygens (including phenoxy) is 4. The Balaban J connectivity index is 0.000000215. The van der Waals surface area contributed by atoms with Crippen LogP contribution >= 0.6 is 39.5 Å². The summed E-state index contributed by atoms with van der Waals surface area (Å²) < 4.78 is 48.2. The molecule has 5 aromatic rings. The largest absolute Gasteiger partial charge is 0.487 e. The van der Waals surface area contributed by atoms with Crippen molar-refractivity contribution in [2.75, 3.05) is 42.6 Å². The third-order valence-corrected chi connectivity index (χ3v) is 10.5. The van der Waals surface area contributed by atoms with Crippen LogP contribution in [0.3, 0.4) is 0 Å². The van der Waals surface area contributed by atoms with Gasteiger partial charge in [0.2, 0.25) is 5.78 Å². The first-order valence-electron chi connectivity index (χ1n) is 20.4. The Labute approximate surface area is 399 Å². The molecular formula is C47H49BrF2N6O8S2. The van der Waals surface area contributed by atoms with Crippen LogP contribution in [0.1, 0.15) is 67.1 Å². The van der Waals surface area contributed by atoms with Gasteiger partial charge in [0.25, 0.3) is 0 Å². The molecule has 0 unspecified atom stereocenters. The van der Waals surface area contributed by atoms with Crippen molar-refractivity contribution in [1.82, 2.24) is 14.8 Å². The van der Waals surface area contributed by atoms with Gasteiger partial charge in [0.1, 0.15) is 57.2 Å². The van der Waals surface area contributed by atoms with E-state index in [2.05, 4.69) is 48.6 Å². The Morgan fingerprint density at radius 3 is 1.71 bits per heavy atom. The van der Waals surface area contributed by atoms with Crippen molar-refractivity contribution < 1.29 is 46.9 Å². The maximum atomic E-state index is 13.4. The Morgan fingerprint density at radius 1 is 0.788 bits per heavy atom. The van der Waals surface area contributed by atoms with Gasteiger partial charge in [0, 0.05) is 16.8 Å². The summed E-state index contributed by atoms with van der Waals surface area (Å²) in [6.07, 6.45) is -0.739. The van der Waals surface area contributed by atoms with Crippen LogP contribution in [0.5, 0.6) is 11.5 Å². The van der Waals surface area contributed by atoms with Crippen molar-refractivity contribution in [3.8, 4) is 11.5 Å². The van der Waals surface area contributed by atoms with Gasteiger partial charge in [-0.3, -0.25) is 9.59 Å². The first-order chi connectivity index (χ1) is 31.2. The number of amides is 2. The SMILES string of the molecule is CC(C)(C)OC(=O)N1CC(Oc2ccc(N=C=S)cc2)C1.CC(C)(C)OC(=O)N1CC(Oc2ccc(Nc3nc(N)c(C(=O)c4cccc(F)c4)s3)cc2)C1.O=C(CBr)c1cccc(F)c1. The number of alkyl halides is 1. The van der Waals surface area contributed by atoms with Crippen molar-refractivity contribution in [3.63, 3.8) is 0 Å². The van der Waals surface area contributed by atoms with Crippen LogP contribution in [0.4, 0.5) is 40.7 Å². The molecule has 3 heterocycles. The zero-order valence-corrected chi connectivity index (χ0v) is 40.2. The van der Waals surface area contributed by atoms with E-state index in [-0.39, 0.29) is 63.4 Å². The summed E-state index contributed by atoms with van der Waals surface area (Å²) in [6, 6.07) is 25.6. The van der Waals surface area contributed by atoms with Gasteiger partial charge in [-0.2, -0.15) is 4.99 Å². The number of anilines is 3. The summed E-state index contributed by atoms with van der Waals surface area (Å²) in [6.45, 7) is 13.1. The van der Waals surface area contributed by atoms with E-state index < -0.39 is 17.0 Å². The number of nitrogen functional groups attached to an aromatic ring is 1. The number of Topliss-reactive ketones (excluding diaryl/α,β-unsaturated/α-hetero) is 1. The molecule has 2 aliphatic heterocycles. The van der Waals surface area contributed by atoms with Crippen LogP contribution in [0.2, 0.25) is 0 Å². The molecule has 2 fully saturated rings. The molecule has 2 aliphatic rings. The van der Waals surface area contributed by atoms with Gasteiger partial charge in [-0.15, -0.1) is 0 Å². The molecule has 4 aromatic carbocycles. The van der Waals surface area contributed by atoms with Gasteiger partial charge in [0.15, 0.2) is 10.9 Å². The van der Waals surface area contributed by atoms with Gasteiger partial charge in [-0.1, -0.05) is 51.5 Å². The number of nitrogens with two attached hydrogens (primary N) is 1. The van der Waals surface area contributed by atoms with Gasteiger partial charge >= 0.3 is 12.2 Å². The highest BCUT2D eigenvalue weighted by molar-refractivity contribution is 9.09. The molecule has 0 atom stereocenters. The summed E-state index contributed by atoms with van der Waals surface area (Å²) in [5.41, 5.74) is 7.01. The maximum absolute atomic E-state index is 13.4. The number of nitrogens with zero attached hydrogens (tertiary/aromatic N) is 4. The standard InChI is InChI=1S/C24H25FN4O4S.C15H18N2O3S.C8H6BrFO/c1-24(2,3)33-23(31)29-12-18(13-29)32-17-9-7-16(8-10-17)27-22-28-21(26)20(34-22)19(30)14-5-4-6-15(25)11-14;1-15(2,3)20-14(18)17-8-13(9-17)19-12-6-4-11(5-7-12)16-10-21;9-5-8(11)6-2-1-3-7(10)4-6/h4-11,18H,12-13,26H2,1-3H3,(H,27,28);4-7,13H,8-9H2,1-3H3;1-4H,5H2. The molecule has 0 saturated carbocycles. The Morgan fingerprint density at radius 2 is 1.26 bits per heavy atom. The lowest BCUT2D eigenvalue weighted by molar-refractivity contribution is -0.0225. The normalized spacial score (nSPS) is 13.5. The van der Waals surface area contributed by atoms with Crippen molar-refractivity contribution in [3.05, 3.63) is 125 Å². The molecule has 348 valence electrons. The lowest BCUT2D eigenvalue weighted by Crippen LogP contribution is -2.57. The molecule has 3 N–H and O–H groups in total. The van der Waals surface area contributed by atoms with E-state index in [9.17, 15) is 28.0 Å². The number of ketones is 2. The fourth-order valence-corrected chi connectivity index (χ4v) is 7.10. The summed E-state index contributed by atoms with van der Waals surface area (Å²) in [7, 11) is 0. The predicted octanol–water partition coefficient (Wildman–Crippen LogP) is 10.7. The van der Waals surface area contributed by atoms with Crippen molar-refractivity contribution in [2.24, 2.45) is 4.99 Å². The van der Waals surface area contributed by atoms with E-state index >= 15 is 0 Å². The second kappa shape index (κ2) is 22.8. The lowest BCUT2D eigenvalue weighted by Gasteiger charge is -2.39. The first kappa shape index (κ1) is 50.7. The fraction of sp³-hybridized carbons (Fsp3) is 0.319. The smallest absolute Gasteiger partial charge is 0.410 e. The third-order valence-electron chi connectivity index (χ3n) is 8.94. The van der Waals surface area contributed by atoms with E-state index in [0.29, 0.717) is 42.6 Å². The highest BCUT2D eigenvalue weighted by Crippen LogP contribution is 2.31. The van der Waals surface area contributed by atoms with Crippen LogP contribution in [0.25, 0.3) is 0 Å². The number of likely N-dealkylation sites (tertiary alicyclic amines) is 2. The summed E-state index contributed by atoms with van der Waals surface area (Å²) in [5.74, 6) is 0.135. The predicted molar refractivity (Wildman–Crippen MR) is 256 cm³/mol. The summed E-state index contributed by atoms with van der Waals surface area (Å²) >= 11 is 8.64. The number of aromatic nitrogens is 1. The fourth-order valence-electron chi connectivity index (χ4n) is 5.80. The minimum absolute atomic E-state index is 0.00242. The van der Waals surface area contributed by atoms with E-state index in [1.165, 1.54) is 42.5 Å². The molecule has 14 nitrogen and oxygen atoms in total. The minimum atomic E-state index is -0.526. The third kappa shape index (κ3) is 15.7. The summed E-state index contributed by atoms with van der Waals surface area (Å²) in [4.78, 5) is 58.9. The van der Waals surface area contributed by atoms with E-state index in [1.807, 2.05) is 65.8 Å². The maximum Gasteiger partial charge on any atom is 0.410 e. The molecule has 2 amide bonds. The number of carbonyl (C=O) groups is 4. The van der Waals surface area contributed by atoms with Gasteiger partial charge in [0.05, 0.1) is 42.4 Å². The second-order valence-corrected chi connectivity index (χ2v) is 18.5. The Kier molecular flexibility index (Phi) is 17.5. The highest BCUT2D eigenvalue weighted by Gasteiger charge is 2.36. The molecular weight excluding hydrogens is 959 g/mol. The van der Waals surface area contributed by atoms with Crippen LogP contribution in [0.15, 0.2) is 102 Å². The number of thiazole rings is 1. The lowest BCUT2D eigenvalue weighted by atomic mass is 10.1. The molecule has 1 aromatic heterocycles. The minimum Gasteiger partial charge on any atom is -0.487 e. The number of hydrogen-bond donors (Lipinski definition) is 2. The number of aliphatic imine (C=N–C) groups is 1. The highest BCUT2D eigenvalue weighted by atomic mass is 79.9. The van der Waals surface area contributed by atoms with Gasteiger partial charge in [-0.25, -0.2) is 23.4 Å². The molecule has 0 radical (unpaired) electrons. The van der Waals surface area contributed by atoms with Crippen LogP contribution in [0, 0.1) is 11.6 Å². The Bertz CT molecular complexity index is 2530. The molecule has 2 saturated heterocycles. The molecule has 0 spiro atoms. The zero-order chi connectivity index (χ0) is 48.2. The number of benzene rings is 4. The number of hydrogen-bond acceptors (Lipinski definition) is 14. The first-order valence-corrected chi connectivity index (χ1v) is 22.8.